The van der Waals surface area contributed by atoms with Crippen molar-refractivity contribution in [3.8, 4) is 0 Å². The van der Waals surface area contributed by atoms with Crippen LogP contribution in [-0.4, -0.2) is 0 Å². The summed E-state index contributed by atoms with van der Waals surface area (Å²) in [5, 5.41) is 0. The first kappa shape index (κ1) is 25.7. The summed E-state index contributed by atoms with van der Waals surface area (Å²) in [6.45, 7) is 9.29. The Kier molecular flexibility index (Phi) is 12.0. The Morgan fingerprint density at radius 2 is 0.774 bits per heavy atom. The molecule has 0 atom stereocenters. The molecule has 0 heterocycles. The lowest BCUT2D eigenvalue weighted by Crippen LogP contribution is -2.18. The lowest BCUT2D eigenvalue weighted by Gasteiger charge is -2.26. The summed E-state index contributed by atoms with van der Waals surface area (Å²) in [6.07, 6.45) is 18.9. The number of benzene rings is 2. The van der Waals surface area contributed by atoms with Crippen molar-refractivity contribution in [3.63, 3.8) is 0 Å². The SMILES string of the molecule is CCCCCCCCc1ccc(C(C)(C)c2ccc(CCCCCCCC)cc2)cc1. The molecule has 172 valence electrons. The van der Waals surface area contributed by atoms with Gasteiger partial charge in [0.1, 0.15) is 0 Å². The fourth-order valence-electron chi connectivity index (χ4n) is 4.56. The van der Waals surface area contributed by atoms with Gasteiger partial charge in [-0.25, -0.2) is 0 Å². The second-order valence-corrected chi connectivity index (χ2v) is 10.1. The van der Waals surface area contributed by atoms with E-state index in [1.807, 2.05) is 0 Å². The molecule has 0 aliphatic heterocycles. The molecule has 0 fully saturated rings. The highest BCUT2D eigenvalue weighted by molar-refractivity contribution is 5.39. The van der Waals surface area contributed by atoms with Crippen LogP contribution in [0.25, 0.3) is 0 Å². The zero-order valence-corrected chi connectivity index (χ0v) is 21.0. The zero-order valence-electron chi connectivity index (χ0n) is 21.0. The van der Waals surface area contributed by atoms with E-state index in [1.165, 1.54) is 112 Å². The Labute approximate surface area is 193 Å². The number of unbranched alkanes of at least 4 members (excludes halogenated alkanes) is 10. The van der Waals surface area contributed by atoms with Crippen molar-refractivity contribution in [1.29, 1.82) is 0 Å². The minimum Gasteiger partial charge on any atom is -0.0654 e. The fourth-order valence-corrected chi connectivity index (χ4v) is 4.56. The largest absolute Gasteiger partial charge is 0.0654 e. The number of hydrogen-bond acceptors (Lipinski definition) is 0. The van der Waals surface area contributed by atoms with Gasteiger partial charge in [0.2, 0.25) is 0 Å². The van der Waals surface area contributed by atoms with Crippen molar-refractivity contribution in [3.05, 3.63) is 70.8 Å². The maximum absolute atomic E-state index is 2.36. The van der Waals surface area contributed by atoms with Crippen molar-refractivity contribution in [1.82, 2.24) is 0 Å². The van der Waals surface area contributed by atoms with Crippen LogP contribution in [0.4, 0.5) is 0 Å². The molecule has 0 aliphatic carbocycles. The first-order chi connectivity index (χ1) is 15.1. The third-order valence-electron chi connectivity index (χ3n) is 6.99. The average Bonchev–Trinajstić information content (AvgIpc) is 2.79. The number of rotatable bonds is 16. The molecule has 0 spiro atoms. The highest BCUT2D eigenvalue weighted by Crippen LogP contribution is 2.32. The summed E-state index contributed by atoms with van der Waals surface area (Å²) < 4.78 is 0. The lowest BCUT2D eigenvalue weighted by molar-refractivity contribution is 0.606. The zero-order chi connectivity index (χ0) is 22.4. The number of aryl methyl sites for hydroxylation is 2. The first-order valence-corrected chi connectivity index (χ1v) is 13.3. The van der Waals surface area contributed by atoms with Gasteiger partial charge in [-0.15, -0.1) is 0 Å². The van der Waals surface area contributed by atoms with Crippen molar-refractivity contribution in [2.45, 2.75) is 123 Å². The van der Waals surface area contributed by atoms with Crippen LogP contribution < -0.4 is 0 Å². The highest BCUT2D eigenvalue weighted by Gasteiger charge is 2.22. The predicted octanol–water partition coefficient (Wildman–Crippen LogP) is 9.82. The van der Waals surface area contributed by atoms with Gasteiger partial charge in [-0.3, -0.25) is 0 Å². The number of hydrogen-bond donors (Lipinski definition) is 0. The van der Waals surface area contributed by atoms with Crippen LogP contribution in [0.3, 0.4) is 0 Å². The van der Waals surface area contributed by atoms with E-state index in [0.29, 0.717) is 0 Å². The Hall–Kier alpha value is -1.56. The third kappa shape index (κ3) is 9.22. The molecule has 2 rings (SSSR count). The van der Waals surface area contributed by atoms with Crippen LogP contribution in [0, 0.1) is 0 Å². The summed E-state index contributed by atoms with van der Waals surface area (Å²) >= 11 is 0. The van der Waals surface area contributed by atoms with E-state index in [1.54, 1.807) is 0 Å². The summed E-state index contributed by atoms with van der Waals surface area (Å²) in [4.78, 5) is 0. The van der Waals surface area contributed by atoms with E-state index < -0.39 is 0 Å². The Morgan fingerprint density at radius 1 is 0.452 bits per heavy atom. The molecule has 0 heteroatoms. The molecular formula is C31H48. The first-order valence-electron chi connectivity index (χ1n) is 13.3. The summed E-state index contributed by atoms with van der Waals surface area (Å²) in [5.74, 6) is 0. The summed E-state index contributed by atoms with van der Waals surface area (Å²) in [6, 6.07) is 18.9. The van der Waals surface area contributed by atoms with E-state index in [-0.39, 0.29) is 5.41 Å². The molecule has 31 heavy (non-hydrogen) atoms. The Morgan fingerprint density at radius 3 is 1.13 bits per heavy atom. The second kappa shape index (κ2) is 14.5. The molecule has 0 bridgehead atoms. The van der Waals surface area contributed by atoms with Crippen molar-refractivity contribution >= 4 is 0 Å². The van der Waals surface area contributed by atoms with E-state index >= 15 is 0 Å². The van der Waals surface area contributed by atoms with Gasteiger partial charge in [0.15, 0.2) is 0 Å². The molecule has 0 nitrogen and oxygen atoms in total. The van der Waals surface area contributed by atoms with Crippen LogP contribution in [0.5, 0.6) is 0 Å². The fraction of sp³-hybridized carbons (Fsp3) is 0.613. The van der Waals surface area contributed by atoms with Crippen LogP contribution in [0.2, 0.25) is 0 Å². The molecule has 0 saturated heterocycles. The van der Waals surface area contributed by atoms with Crippen LogP contribution in [-0.2, 0) is 18.3 Å². The van der Waals surface area contributed by atoms with Crippen LogP contribution in [0.15, 0.2) is 48.5 Å². The quantitative estimate of drug-likeness (QED) is 0.237. The molecular weight excluding hydrogens is 372 g/mol. The monoisotopic (exact) mass is 420 g/mol. The van der Waals surface area contributed by atoms with Gasteiger partial charge in [-0.05, 0) is 47.9 Å². The molecule has 0 N–H and O–H groups in total. The Bertz CT molecular complexity index is 628. The van der Waals surface area contributed by atoms with E-state index in [0.717, 1.165) is 0 Å². The molecule has 2 aromatic carbocycles. The van der Waals surface area contributed by atoms with Gasteiger partial charge >= 0.3 is 0 Å². The van der Waals surface area contributed by atoms with E-state index in [9.17, 15) is 0 Å². The van der Waals surface area contributed by atoms with Crippen molar-refractivity contribution in [2.75, 3.05) is 0 Å². The van der Waals surface area contributed by atoms with Gasteiger partial charge in [0.25, 0.3) is 0 Å². The van der Waals surface area contributed by atoms with Crippen LogP contribution >= 0.6 is 0 Å². The summed E-state index contributed by atoms with van der Waals surface area (Å²) in [5.41, 5.74) is 5.87. The standard InChI is InChI=1S/C31H48/c1-5-7-9-11-13-15-17-27-19-23-29(24-20-27)31(3,4)30-25-21-28(22-26-30)18-16-14-12-10-8-6-2/h19-26H,5-18H2,1-4H3. The Balaban J connectivity index is 1.82. The average molecular weight is 421 g/mol. The second-order valence-electron chi connectivity index (χ2n) is 10.1. The van der Waals surface area contributed by atoms with Gasteiger partial charge in [0, 0.05) is 5.41 Å². The highest BCUT2D eigenvalue weighted by atomic mass is 14.3. The van der Waals surface area contributed by atoms with E-state index in [2.05, 4.69) is 76.2 Å². The minimum atomic E-state index is 0.0529. The van der Waals surface area contributed by atoms with Gasteiger partial charge in [-0.1, -0.05) is 140 Å². The van der Waals surface area contributed by atoms with Crippen molar-refractivity contribution < 1.29 is 0 Å². The van der Waals surface area contributed by atoms with Crippen LogP contribution in [0.1, 0.15) is 127 Å². The van der Waals surface area contributed by atoms with Gasteiger partial charge in [0.05, 0.1) is 0 Å². The van der Waals surface area contributed by atoms with Crippen molar-refractivity contribution in [2.24, 2.45) is 0 Å². The third-order valence-corrected chi connectivity index (χ3v) is 6.99. The molecule has 2 aromatic rings. The molecule has 0 unspecified atom stereocenters. The topological polar surface area (TPSA) is 0 Å². The maximum Gasteiger partial charge on any atom is 0.0146 e. The molecule has 0 aliphatic rings. The molecule has 0 aromatic heterocycles. The lowest BCUT2D eigenvalue weighted by atomic mass is 9.77. The molecule has 0 saturated carbocycles. The molecule has 0 radical (unpaired) electrons. The minimum absolute atomic E-state index is 0.0529. The smallest absolute Gasteiger partial charge is 0.0146 e. The van der Waals surface area contributed by atoms with Gasteiger partial charge < -0.3 is 0 Å². The predicted molar refractivity (Wildman–Crippen MR) is 139 cm³/mol. The maximum atomic E-state index is 2.36. The summed E-state index contributed by atoms with van der Waals surface area (Å²) in [7, 11) is 0. The van der Waals surface area contributed by atoms with Gasteiger partial charge in [-0.2, -0.15) is 0 Å². The van der Waals surface area contributed by atoms with E-state index in [4.69, 9.17) is 0 Å². The molecule has 0 amide bonds. The normalized spacial score (nSPS) is 11.7.